The molecule has 0 radical (unpaired) electrons. The maximum absolute atomic E-state index is 14.7. The quantitative estimate of drug-likeness (QED) is 0.317. The molecular formula is C23H22ClF4N3O6. The molecule has 0 bridgehead atoms. The van der Waals surface area contributed by atoms with Crippen LogP contribution >= 0.6 is 11.6 Å². The highest BCUT2D eigenvalue weighted by Crippen LogP contribution is 2.36. The zero-order valence-corrected chi connectivity index (χ0v) is 20.8. The average molecular weight is 548 g/mol. The third kappa shape index (κ3) is 6.88. The molecule has 14 heteroatoms. The van der Waals surface area contributed by atoms with E-state index in [1.54, 1.807) is 6.92 Å². The van der Waals surface area contributed by atoms with E-state index in [9.17, 15) is 31.9 Å². The van der Waals surface area contributed by atoms with Crippen molar-refractivity contribution in [1.29, 1.82) is 0 Å². The molecule has 9 nitrogen and oxygen atoms in total. The summed E-state index contributed by atoms with van der Waals surface area (Å²) in [6, 6.07) is 4.55. The Morgan fingerprint density at radius 3 is 2.43 bits per heavy atom. The van der Waals surface area contributed by atoms with Crippen molar-refractivity contribution in [2.45, 2.75) is 26.9 Å². The Balaban J connectivity index is 0.00000235. The van der Waals surface area contributed by atoms with Crippen LogP contribution in [0.15, 0.2) is 46.1 Å². The second kappa shape index (κ2) is 12.4. The first-order valence-electron chi connectivity index (χ1n) is 10.7. The van der Waals surface area contributed by atoms with Crippen molar-refractivity contribution in [3.05, 3.63) is 73.9 Å². The highest BCUT2D eigenvalue weighted by molar-refractivity contribution is 6.32. The molecule has 0 saturated carbocycles. The molecule has 0 spiro atoms. The molecule has 3 rings (SSSR count). The van der Waals surface area contributed by atoms with Crippen LogP contribution in [0.4, 0.5) is 17.6 Å². The number of rotatable bonds is 7. The fourth-order valence-electron chi connectivity index (χ4n) is 2.90. The Kier molecular flexibility index (Phi) is 9.83. The van der Waals surface area contributed by atoms with E-state index in [2.05, 4.69) is 4.98 Å². The zero-order chi connectivity index (χ0) is 27.9. The number of esters is 1. The number of alkyl halides is 3. The number of pyridine rings is 1. The second-order valence-electron chi connectivity index (χ2n) is 6.78. The first-order valence-corrected chi connectivity index (χ1v) is 11.1. The van der Waals surface area contributed by atoms with Gasteiger partial charge in [-0.25, -0.2) is 23.5 Å². The molecular weight excluding hydrogens is 526 g/mol. The Morgan fingerprint density at radius 2 is 1.81 bits per heavy atom. The Hall–Kier alpha value is -3.87. The minimum absolute atomic E-state index is 0.0797. The highest BCUT2D eigenvalue weighted by Gasteiger charge is 2.35. The van der Waals surface area contributed by atoms with Gasteiger partial charge in [-0.15, -0.1) is 0 Å². The molecule has 0 unspecified atom stereocenters. The van der Waals surface area contributed by atoms with Gasteiger partial charge in [0.15, 0.2) is 12.4 Å². The molecule has 0 aliphatic rings. The number of nitrogens with zero attached hydrogens (tertiary/aromatic N) is 3. The van der Waals surface area contributed by atoms with Gasteiger partial charge in [-0.1, -0.05) is 25.4 Å². The minimum Gasteiger partial charge on any atom is -0.463 e. The zero-order valence-electron chi connectivity index (χ0n) is 20.1. The number of ether oxygens (including phenoxy) is 3. The van der Waals surface area contributed by atoms with Crippen molar-refractivity contribution in [1.82, 2.24) is 14.1 Å². The molecule has 0 aliphatic carbocycles. The van der Waals surface area contributed by atoms with Crippen LogP contribution in [0.25, 0.3) is 5.69 Å². The summed E-state index contributed by atoms with van der Waals surface area (Å²) < 4.78 is 70.0. The van der Waals surface area contributed by atoms with E-state index in [4.69, 9.17) is 25.8 Å². The molecule has 3 aromatic rings. The summed E-state index contributed by atoms with van der Waals surface area (Å²) in [6.45, 7) is 5.24. The molecule has 0 atom stereocenters. The first-order chi connectivity index (χ1) is 17.4. The van der Waals surface area contributed by atoms with Gasteiger partial charge in [-0.2, -0.15) is 13.2 Å². The summed E-state index contributed by atoms with van der Waals surface area (Å²) >= 11 is 6.04. The first kappa shape index (κ1) is 29.4. The Morgan fingerprint density at radius 1 is 1.14 bits per heavy atom. The smallest absolute Gasteiger partial charge is 0.431 e. The maximum Gasteiger partial charge on any atom is 0.431 e. The molecule has 37 heavy (non-hydrogen) atoms. The molecule has 0 fully saturated rings. The summed E-state index contributed by atoms with van der Waals surface area (Å²) in [5.74, 6) is -2.38. The molecule has 0 aliphatic heterocycles. The standard InChI is InChI=1S/C21H16ClF4N3O6.C2H6/c1-3-33-18(31)10-34-19-14(5-4-6-27-19)35-15-8-13(12(23)7-11(15)22)29-17(30)9-16(21(24,25)26)28(2)20(29)32;1-2/h4-9H,3,10H2,1-2H3;1-2H3. The summed E-state index contributed by atoms with van der Waals surface area (Å²) in [7, 11) is 0.787. The van der Waals surface area contributed by atoms with Crippen molar-refractivity contribution in [2.24, 2.45) is 7.05 Å². The number of hydrogen-bond acceptors (Lipinski definition) is 7. The predicted molar refractivity (Wildman–Crippen MR) is 125 cm³/mol. The monoisotopic (exact) mass is 547 g/mol. The number of aromatic nitrogens is 3. The van der Waals surface area contributed by atoms with Gasteiger partial charge in [0.1, 0.15) is 17.3 Å². The normalized spacial score (nSPS) is 10.8. The van der Waals surface area contributed by atoms with E-state index in [1.807, 2.05) is 13.8 Å². The van der Waals surface area contributed by atoms with Gasteiger partial charge in [0.25, 0.3) is 11.4 Å². The molecule has 0 saturated heterocycles. The van der Waals surface area contributed by atoms with Gasteiger partial charge in [0.05, 0.1) is 17.3 Å². The third-order valence-electron chi connectivity index (χ3n) is 4.44. The van der Waals surface area contributed by atoms with Gasteiger partial charge in [-0.3, -0.25) is 9.36 Å². The maximum atomic E-state index is 14.7. The van der Waals surface area contributed by atoms with Crippen LogP contribution in [0.3, 0.4) is 0 Å². The van der Waals surface area contributed by atoms with Crippen molar-refractivity contribution >= 4 is 17.6 Å². The van der Waals surface area contributed by atoms with Crippen molar-refractivity contribution in [3.8, 4) is 23.1 Å². The second-order valence-corrected chi connectivity index (χ2v) is 7.19. The minimum atomic E-state index is -4.99. The molecule has 0 amide bonds. The van der Waals surface area contributed by atoms with E-state index < -0.39 is 47.2 Å². The van der Waals surface area contributed by atoms with Crippen LogP contribution < -0.4 is 20.7 Å². The lowest BCUT2D eigenvalue weighted by Crippen LogP contribution is -2.41. The lowest BCUT2D eigenvalue weighted by molar-refractivity contribution is -0.145. The van der Waals surface area contributed by atoms with Crippen molar-refractivity contribution in [2.75, 3.05) is 13.2 Å². The van der Waals surface area contributed by atoms with Crippen molar-refractivity contribution < 1.29 is 36.6 Å². The van der Waals surface area contributed by atoms with Gasteiger partial charge in [-0.05, 0) is 25.1 Å². The van der Waals surface area contributed by atoms with Gasteiger partial charge < -0.3 is 14.2 Å². The van der Waals surface area contributed by atoms with Gasteiger partial charge >= 0.3 is 17.8 Å². The molecule has 1 aromatic carbocycles. The van der Waals surface area contributed by atoms with Crippen LogP contribution in [0.2, 0.25) is 5.02 Å². The van der Waals surface area contributed by atoms with Crippen LogP contribution in [0, 0.1) is 5.82 Å². The molecule has 2 heterocycles. The SMILES string of the molecule is CC.CCOC(=O)COc1ncccc1Oc1cc(-n2c(=O)cc(C(F)(F)F)n(C)c2=O)c(F)cc1Cl. The summed E-state index contributed by atoms with van der Waals surface area (Å²) in [4.78, 5) is 40.4. The summed E-state index contributed by atoms with van der Waals surface area (Å²) in [6.07, 6.45) is -3.66. The number of carbonyl (C=O) groups is 1. The fourth-order valence-corrected chi connectivity index (χ4v) is 3.09. The van der Waals surface area contributed by atoms with E-state index in [-0.39, 0.29) is 44.2 Å². The predicted octanol–water partition coefficient (Wildman–Crippen LogP) is 4.50. The van der Waals surface area contributed by atoms with E-state index in [1.165, 1.54) is 18.3 Å². The third-order valence-corrected chi connectivity index (χ3v) is 4.74. The Labute approximate surface area is 212 Å². The molecule has 0 N–H and O–H groups in total. The van der Waals surface area contributed by atoms with E-state index in [0.29, 0.717) is 6.07 Å². The Bertz CT molecular complexity index is 1390. The van der Waals surface area contributed by atoms with Crippen LogP contribution in [0.1, 0.15) is 26.5 Å². The molecule has 2 aromatic heterocycles. The number of benzene rings is 1. The topological polar surface area (TPSA) is 102 Å². The summed E-state index contributed by atoms with van der Waals surface area (Å²) in [5.41, 5.74) is -5.08. The number of carbonyl (C=O) groups excluding carboxylic acids is 1. The van der Waals surface area contributed by atoms with Gasteiger partial charge in [0, 0.05) is 25.4 Å². The average Bonchev–Trinajstić information content (AvgIpc) is 2.84. The van der Waals surface area contributed by atoms with E-state index >= 15 is 0 Å². The van der Waals surface area contributed by atoms with Gasteiger partial charge in [0.2, 0.25) is 0 Å². The highest BCUT2D eigenvalue weighted by atomic mass is 35.5. The van der Waals surface area contributed by atoms with Crippen molar-refractivity contribution in [3.63, 3.8) is 0 Å². The molecule has 200 valence electrons. The van der Waals surface area contributed by atoms with Crippen LogP contribution in [-0.2, 0) is 22.8 Å². The van der Waals surface area contributed by atoms with E-state index in [0.717, 1.165) is 13.1 Å². The van der Waals surface area contributed by atoms with Crippen LogP contribution in [0.5, 0.6) is 17.4 Å². The number of hydrogen-bond donors (Lipinski definition) is 0. The fraction of sp³-hybridized carbons (Fsp3) is 0.304. The number of halogens is 5. The lowest BCUT2D eigenvalue weighted by atomic mass is 10.2. The lowest BCUT2D eigenvalue weighted by Gasteiger charge is -2.16. The van der Waals surface area contributed by atoms with Crippen LogP contribution in [-0.4, -0.2) is 33.3 Å². The summed E-state index contributed by atoms with van der Waals surface area (Å²) in [5, 5.41) is -0.303. The largest absolute Gasteiger partial charge is 0.463 e.